The Balaban J connectivity index is 2.43. The Bertz CT molecular complexity index is 243. The number of halogens is 2. The maximum Gasteiger partial charge on any atom is 0.344 e. The van der Waals surface area contributed by atoms with Crippen molar-refractivity contribution in [2.24, 2.45) is 0 Å². The molecule has 0 bridgehead atoms. The van der Waals surface area contributed by atoms with Crippen LogP contribution in [-0.4, -0.2) is 40.3 Å². The molecule has 0 atom stereocenters. The van der Waals surface area contributed by atoms with E-state index in [4.69, 9.17) is 10.2 Å². The standard InChI is InChI=1S/C7H8F2O5/c8-7(9)1-3(2-7)14-4(5(10)11)6(12)13/h3-4H,1-2H2,(H,10,11)(H,12,13). The van der Waals surface area contributed by atoms with Gasteiger partial charge in [0.05, 0.1) is 6.10 Å². The third-order valence-electron chi connectivity index (χ3n) is 1.83. The highest BCUT2D eigenvalue weighted by molar-refractivity contribution is 5.96. The molecule has 0 aromatic heterocycles. The molecule has 14 heavy (non-hydrogen) atoms. The Kier molecular flexibility index (Phi) is 2.70. The highest BCUT2D eigenvalue weighted by Gasteiger charge is 2.48. The Labute approximate surface area is 77.3 Å². The van der Waals surface area contributed by atoms with Crippen LogP contribution in [0, 0.1) is 0 Å². The first-order chi connectivity index (χ1) is 6.32. The van der Waals surface area contributed by atoms with Crippen LogP contribution in [0.15, 0.2) is 0 Å². The van der Waals surface area contributed by atoms with Gasteiger partial charge >= 0.3 is 11.9 Å². The minimum Gasteiger partial charge on any atom is -0.479 e. The minimum absolute atomic E-state index is 0.621. The van der Waals surface area contributed by atoms with E-state index in [1.807, 2.05) is 0 Å². The Morgan fingerprint density at radius 1 is 1.29 bits per heavy atom. The lowest BCUT2D eigenvalue weighted by Gasteiger charge is -2.35. The molecule has 1 saturated carbocycles. The van der Waals surface area contributed by atoms with Crippen LogP contribution in [0.1, 0.15) is 12.8 Å². The zero-order valence-electron chi connectivity index (χ0n) is 6.94. The number of ether oxygens (including phenoxy) is 1. The third-order valence-corrected chi connectivity index (χ3v) is 1.83. The number of aliphatic carboxylic acids is 2. The Morgan fingerprint density at radius 2 is 1.71 bits per heavy atom. The van der Waals surface area contributed by atoms with E-state index in [1.165, 1.54) is 0 Å². The highest BCUT2D eigenvalue weighted by atomic mass is 19.3. The van der Waals surface area contributed by atoms with Crippen LogP contribution in [0.3, 0.4) is 0 Å². The van der Waals surface area contributed by atoms with Gasteiger partial charge in [-0.15, -0.1) is 0 Å². The molecule has 0 radical (unpaired) electrons. The van der Waals surface area contributed by atoms with Crippen molar-refractivity contribution in [3.05, 3.63) is 0 Å². The van der Waals surface area contributed by atoms with Gasteiger partial charge in [-0.25, -0.2) is 18.4 Å². The van der Waals surface area contributed by atoms with Crippen molar-refractivity contribution >= 4 is 11.9 Å². The summed E-state index contributed by atoms with van der Waals surface area (Å²) in [5, 5.41) is 16.7. The SMILES string of the molecule is O=C(O)C(OC1CC(F)(F)C1)C(=O)O. The first-order valence-electron chi connectivity index (χ1n) is 3.81. The van der Waals surface area contributed by atoms with Crippen LogP contribution in [0.5, 0.6) is 0 Å². The summed E-state index contributed by atoms with van der Waals surface area (Å²) in [5.41, 5.74) is 0. The zero-order valence-corrected chi connectivity index (χ0v) is 6.94. The molecule has 0 aromatic carbocycles. The van der Waals surface area contributed by atoms with Crippen LogP contribution in [0.2, 0.25) is 0 Å². The molecule has 0 saturated heterocycles. The maximum atomic E-state index is 12.3. The predicted octanol–water partition coefficient (Wildman–Crippen LogP) is 0.338. The van der Waals surface area contributed by atoms with Crippen molar-refractivity contribution in [2.45, 2.75) is 31.0 Å². The molecule has 7 heteroatoms. The van der Waals surface area contributed by atoms with Crippen LogP contribution in [0.4, 0.5) is 8.78 Å². The van der Waals surface area contributed by atoms with E-state index in [9.17, 15) is 18.4 Å². The summed E-state index contributed by atoms with van der Waals surface area (Å²) < 4.78 is 29.0. The highest BCUT2D eigenvalue weighted by Crippen LogP contribution is 2.39. The summed E-state index contributed by atoms with van der Waals surface area (Å²) in [4.78, 5) is 20.6. The largest absolute Gasteiger partial charge is 0.479 e. The van der Waals surface area contributed by atoms with Gasteiger partial charge in [0.15, 0.2) is 0 Å². The second kappa shape index (κ2) is 3.49. The monoisotopic (exact) mass is 210 g/mol. The first-order valence-corrected chi connectivity index (χ1v) is 3.81. The molecule has 2 N–H and O–H groups in total. The molecule has 1 aliphatic rings. The molecule has 0 amide bonds. The summed E-state index contributed by atoms with van der Waals surface area (Å²) >= 11 is 0. The molecule has 1 aliphatic carbocycles. The fourth-order valence-corrected chi connectivity index (χ4v) is 1.12. The Hall–Kier alpha value is -1.24. The van der Waals surface area contributed by atoms with Gasteiger partial charge < -0.3 is 14.9 Å². The van der Waals surface area contributed by atoms with Gasteiger partial charge in [0.2, 0.25) is 0 Å². The minimum atomic E-state index is -2.85. The van der Waals surface area contributed by atoms with E-state index in [0.717, 1.165) is 0 Å². The lowest BCUT2D eigenvalue weighted by atomic mass is 9.91. The molecule has 0 aromatic rings. The second-order valence-electron chi connectivity index (χ2n) is 3.08. The van der Waals surface area contributed by atoms with Crippen molar-refractivity contribution in [3.8, 4) is 0 Å². The van der Waals surface area contributed by atoms with Crippen molar-refractivity contribution in [2.75, 3.05) is 0 Å². The number of rotatable bonds is 4. The molecular weight excluding hydrogens is 202 g/mol. The van der Waals surface area contributed by atoms with E-state index in [-0.39, 0.29) is 0 Å². The van der Waals surface area contributed by atoms with Crippen LogP contribution in [-0.2, 0) is 14.3 Å². The van der Waals surface area contributed by atoms with Crippen molar-refractivity contribution in [3.63, 3.8) is 0 Å². The number of hydrogen-bond acceptors (Lipinski definition) is 3. The fourth-order valence-electron chi connectivity index (χ4n) is 1.12. The summed E-state index contributed by atoms with van der Waals surface area (Å²) in [7, 11) is 0. The summed E-state index contributed by atoms with van der Waals surface area (Å²) in [5.74, 6) is -6.23. The topological polar surface area (TPSA) is 83.8 Å². The van der Waals surface area contributed by atoms with E-state index in [1.54, 1.807) is 0 Å². The molecule has 1 rings (SSSR count). The normalized spacial score (nSPS) is 20.5. The smallest absolute Gasteiger partial charge is 0.344 e. The van der Waals surface area contributed by atoms with Gasteiger partial charge in [0.25, 0.3) is 12.0 Å². The quantitative estimate of drug-likeness (QED) is 0.653. The second-order valence-corrected chi connectivity index (χ2v) is 3.08. The molecule has 0 unspecified atom stereocenters. The van der Waals surface area contributed by atoms with E-state index < -0.39 is 42.9 Å². The zero-order chi connectivity index (χ0) is 10.9. The number of hydrogen-bond donors (Lipinski definition) is 2. The molecular formula is C7H8F2O5. The van der Waals surface area contributed by atoms with Gasteiger partial charge in [-0.1, -0.05) is 0 Å². The number of alkyl halides is 2. The van der Waals surface area contributed by atoms with Crippen LogP contribution < -0.4 is 0 Å². The molecule has 80 valence electrons. The molecule has 0 aliphatic heterocycles. The lowest BCUT2D eigenvalue weighted by molar-refractivity contribution is -0.201. The number of carboxylic acid groups (broad SMARTS) is 2. The third kappa shape index (κ3) is 2.38. The van der Waals surface area contributed by atoms with Gasteiger partial charge in [0, 0.05) is 12.8 Å². The van der Waals surface area contributed by atoms with Gasteiger partial charge in [-0.05, 0) is 0 Å². The van der Waals surface area contributed by atoms with Gasteiger partial charge in [-0.3, -0.25) is 0 Å². The average Bonchev–Trinajstić information content (AvgIpc) is 1.94. The van der Waals surface area contributed by atoms with Gasteiger partial charge in [-0.2, -0.15) is 0 Å². The van der Waals surface area contributed by atoms with Crippen molar-refractivity contribution in [1.29, 1.82) is 0 Å². The lowest BCUT2D eigenvalue weighted by Crippen LogP contribution is -2.46. The molecule has 5 nitrogen and oxygen atoms in total. The first kappa shape index (κ1) is 10.8. The van der Waals surface area contributed by atoms with Gasteiger partial charge in [0.1, 0.15) is 0 Å². The summed E-state index contributed by atoms with van der Waals surface area (Å²) in [6.07, 6.45) is -4.29. The summed E-state index contributed by atoms with van der Waals surface area (Å²) in [6.45, 7) is 0. The predicted molar refractivity (Wildman–Crippen MR) is 38.1 cm³/mol. The number of carbonyl (C=O) groups is 2. The van der Waals surface area contributed by atoms with Crippen molar-refractivity contribution < 1.29 is 33.3 Å². The summed E-state index contributed by atoms with van der Waals surface area (Å²) in [6, 6.07) is 0. The molecule has 0 spiro atoms. The maximum absolute atomic E-state index is 12.3. The fraction of sp³-hybridized carbons (Fsp3) is 0.714. The van der Waals surface area contributed by atoms with E-state index in [2.05, 4.69) is 4.74 Å². The van der Waals surface area contributed by atoms with E-state index in [0.29, 0.717) is 0 Å². The molecule has 1 fully saturated rings. The average molecular weight is 210 g/mol. The number of carboxylic acids is 2. The van der Waals surface area contributed by atoms with Crippen LogP contribution in [0.25, 0.3) is 0 Å². The molecule has 0 heterocycles. The Morgan fingerprint density at radius 3 is 2.00 bits per heavy atom. The van der Waals surface area contributed by atoms with Crippen molar-refractivity contribution in [1.82, 2.24) is 0 Å². The van der Waals surface area contributed by atoms with Crippen LogP contribution >= 0.6 is 0 Å². The van der Waals surface area contributed by atoms with E-state index >= 15 is 0 Å².